The molecule has 0 saturated carbocycles. The molecule has 4 aliphatic rings. The van der Waals surface area contributed by atoms with E-state index in [1.807, 2.05) is 0 Å². The summed E-state index contributed by atoms with van der Waals surface area (Å²) in [7, 11) is 4.86. The zero-order valence-corrected chi connectivity index (χ0v) is 15.7. The van der Waals surface area contributed by atoms with E-state index in [0.29, 0.717) is 24.2 Å². The molecule has 0 N–H and O–H groups in total. The molecule has 0 aromatic heterocycles. The normalized spacial score (nSPS) is 53.5. The first kappa shape index (κ1) is 17.3. The van der Waals surface area contributed by atoms with Gasteiger partial charge in [-0.25, -0.2) is 0 Å². The van der Waals surface area contributed by atoms with Gasteiger partial charge in [0.05, 0.1) is 51.4 Å². The number of nitrogens with zero attached hydrogens (tertiary/aromatic N) is 2. The minimum Gasteiger partial charge on any atom is -0.852 e. The standard InChI is InChI=1S/C20H36N2O2/c1-21(15-5-6-16(21)12-19(23)11-15)9-3-4-10-22(2)17-7-8-18(22)14-20(24)13-17/h15-20H,3-14H2,1-2H3. The molecule has 0 aromatic rings. The van der Waals surface area contributed by atoms with Gasteiger partial charge in [-0.05, 0) is 25.7 Å². The van der Waals surface area contributed by atoms with Gasteiger partial charge in [0, 0.05) is 38.5 Å². The summed E-state index contributed by atoms with van der Waals surface area (Å²) < 4.78 is 2.38. The van der Waals surface area contributed by atoms with Crippen LogP contribution in [-0.4, -0.2) is 72.5 Å². The Bertz CT molecular complexity index is 399. The van der Waals surface area contributed by atoms with Gasteiger partial charge in [0.25, 0.3) is 0 Å². The zero-order valence-electron chi connectivity index (χ0n) is 15.7. The number of fused-ring (bicyclic) bond motifs is 4. The van der Waals surface area contributed by atoms with E-state index in [-0.39, 0.29) is 12.2 Å². The largest absolute Gasteiger partial charge is 0.852 e. The van der Waals surface area contributed by atoms with E-state index in [4.69, 9.17) is 0 Å². The fraction of sp³-hybridized carbons (Fsp3) is 1.00. The highest BCUT2D eigenvalue weighted by Crippen LogP contribution is 2.42. The van der Waals surface area contributed by atoms with Crippen molar-refractivity contribution in [1.82, 2.24) is 0 Å². The van der Waals surface area contributed by atoms with Gasteiger partial charge in [0.2, 0.25) is 0 Å². The van der Waals surface area contributed by atoms with Crippen LogP contribution in [0.15, 0.2) is 0 Å². The molecule has 138 valence electrons. The Labute approximate surface area is 147 Å². The molecule has 4 nitrogen and oxygen atoms in total. The van der Waals surface area contributed by atoms with Crippen LogP contribution in [0.4, 0.5) is 0 Å². The van der Waals surface area contributed by atoms with Crippen molar-refractivity contribution in [2.75, 3.05) is 27.2 Å². The maximum atomic E-state index is 11.9. The fourth-order valence-corrected chi connectivity index (χ4v) is 7.02. The molecule has 0 aliphatic carbocycles. The van der Waals surface area contributed by atoms with Crippen molar-refractivity contribution in [3.8, 4) is 0 Å². The second-order valence-corrected chi connectivity index (χ2v) is 9.80. The predicted octanol–water partition coefficient (Wildman–Crippen LogP) is 0.767. The lowest BCUT2D eigenvalue weighted by Gasteiger charge is -2.50. The number of hydrogen-bond donors (Lipinski definition) is 0. The monoisotopic (exact) mass is 336 g/mol. The highest BCUT2D eigenvalue weighted by atomic mass is 16.3. The van der Waals surface area contributed by atoms with E-state index >= 15 is 0 Å². The molecule has 24 heavy (non-hydrogen) atoms. The van der Waals surface area contributed by atoms with Crippen LogP contribution in [0.25, 0.3) is 0 Å². The molecule has 4 unspecified atom stereocenters. The first-order chi connectivity index (χ1) is 11.4. The SMILES string of the molecule is C[N+]1(CCCC[N+]2(C)C3CCC2CC([O-])C3)C2CCC1CC([O-])C2. The van der Waals surface area contributed by atoms with Gasteiger partial charge in [-0.3, -0.25) is 0 Å². The fourth-order valence-electron chi connectivity index (χ4n) is 7.02. The smallest absolute Gasteiger partial charge is 0.0882 e. The summed E-state index contributed by atoms with van der Waals surface area (Å²) in [5.41, 5.74) is 0. The lowest BCUT2D eigenvalue weighted by atomic mass is 9.95. The van der Waals surface area contributed by atoms with E-state index in [1.165, 1.54) is 60.6 Å². The third-order valence-electron chi connectivity index (χ3n) is 8.67. The van der Waals surface area contributed by atoms with Gasteiger partial charge in [-0.2, -0.15) is 0 Å². The topological polar surface area (TPSA) is 46.1 Å². The Hall–Kier alpha value is -0.160. The molecule has 4 atom stereocenters. The quantitative estimate of drug-likeness (QED) is 0.550. The van der Waals surface area contributed by atoms with E-state index in [1.54, 1.807) is 0 Å². The molecule has 0 amide bonds. The second kappa shape index (κ2) is 6.22. The predicted molar refractivity (Wildman–Crippen MR) is 91.0 cm³/mol. The highest BCUT2D eigenvalue weighted by molar-refractivity contribution is 4.86. The molecule has 4 saturated heterocycles. The summed E-state index contributed by atoms with van der Waals surface area (Å²) in [6.45, 7) is 2.53. The number of hydrogen-bond acceptors (Lipinski definition) is 2. The van der Waals surface area contributed by atoms with Crippen LogP contribution < -0.4 is 10.2 Å². The molecular weight excluding hydrogens is 300 g/mol. The molecule has 4 bridgehead atoms. The third-order valence-corrected chi connectivity index (χ3v) is 8.67. The van der Waals surface area contributed by atoms with E-state index in [2.05, 4.69) is 14.1 Å². The van der Waals surface area contributed by atoms with Gasteiger partial charge in [-0.15, -0.1) is 12.2 Å². The Morgan fingerprint density at radius 1 is 0.625 bits per heavy atom. The van der Waals surface area contributed by atoms with E-state index < -0.39 is 0 Å². The van der Waals surface area contributed by atoms with Crippen molar-refractivity contribution >= 4 is 0 Å². The van der Waals surface area contributed by atoms with Crippen molar-refractivity contribution in [1.29, 1.82) is 0 Å². The molecule has 0 aromatic carbocycles. The summed E-state index contributed by atoms with van der Waals surface area (Å²) >= 11 is 0. The van der Waals surface area contributed by atoms with Crippen LogP contribution in [0.3, 0.4) is 0 Å². The highest BCUT2D eigenvalue weighted by Gasteiger charge is 2.50. The van der Waals surface area contributed by atoms with Crippen LogP contribution in [0.5, 0.6) is 0 Å². The first-order valence-corrected chi connectivity index (χ1v) is 10.4. The maximum Gasteiger partial charge on any atom is 0.0882 e. The van der Waals surface area contributed by atoms with Gasteiger partial charge in [0.15, 0.2) is 0 Å². The van der Waals surface area contributed by atoms with Crippen LogP contribution in [0.1, 0.15) is 64.2 Å². The Balaban J connectivity index is 1.29. The van der Waals surface area contributed by atoms with Crippen LogP contribution in [0, 0.1) is 0 Å². The number of quaternary nitrogens is 2. The van der Waals surface area contributed by atoms with Gasteiger partial charge in [-0.1, -0.05) is 0 Å². The van der Waals surface area contributed by atoms with Crippen molar-refractivity contribution in [3.05, 3.63) is 0 Å². The van der Waals surface area contributed by atoms with Gasteiger partial charge < -0.3 is 19.2 Å². The Kier molecular flexibility index (Phi) is 4.48. The Morgan fingerprint density at radius 3 is 1.21 bits per heavy atom. The van der Waals surface area contributed by atoms with Crippen molar-refractivity contribution in [3.63, 3.8) is 0 Å². The Morgan fingerprint density at radius 2 is 0.917 bits per heavy atom. The molecular formula is C20H36N2O2. The lowest BCUT2D eigenvalue weighted by molar-refractivity contribution is -0.957. The number of rotatable bonds is 5. The molecule has 4 fully saturated rings. The second-order valence-electron chi connectivity index (χ2n) is 9.80. The average Bonchev–Trinajstić information content (AvgIpc) is 2.83. The lowest BCUT2D eigenvalue weighted by Crippen LogP contribution is -2.61. The van der Waals surface area contributed by atoms with Gasteiger partial charge >= 0.3 is 0 Å². The van der Waals surface area contributed by atoms with Crippen LogP contribution in [0.2, 0.25) is 0 Å². The molecule has 4 heterocycles. The number of unbranched alkanes of at least 4 members (excludes halogenated alkanes) is 1. The van der Waals surface area contributed by atoms with Crippen LogP contribution in [-0.2, 0) is 0 Å². The molecule has 0 radical (unpaired) electrons. The first-order valence-electron chi connectivity index (χ1n) is 10.4. The summed E-state index contributed by atoms with van der Waals surface area (Å²) in [5.74, 6) is 0. The zero-order chi connectivity index (χ0) is 16.9. The minimum absolute atomic E-state index is 0.290. The molecule has 4 heteroatoms. The summed E-state index contributed by atoms with van der Waals surface area (Å²) in [5, 5.41) is 23.9. The summed E-state index contributed by atoms with van der Waals surface area (Å²) in [6.07, 6.45) is 10.8. The van der Waals surface area contributed by atoms with Crippen molar-refractivity contribution in [2.45, 2.75) is 101 Å². The van der Waals surface area contributed by atoms with E-state index in [9.17, 15) is 10.2 Å². The van der Waals surface area contributed by atoms with Crippen molar-refractivity contribution in [2.24, 2.45) is 0 Å². The van der Waals surface area contributed by atoms with E-state index in [0.717, 1.165) is 25.7 Å². The summed E-state index contributed by atoms with van der Waals surface area (Å²) in [6, 6.07) is 2.57. The minimum atomic E-state index is -0.290. The molecule has 4 aliphatic heterocycles. The van der Waals surface area contributed by atoms with Crippen molar-refractivity contribution < 1.29 is 19.2 Å². The third kappa shape index (κ3) is 2.74. The molecule has 4 rings (SSSR count). The molecule has 0 spiro atoms. The summed E-state index contributed by atoms with van der Waals surface area (Å²) in [4.78, 5) is 0. The van der Waals surface area contributed by atoms with Gasteiger partial charge in [0.1, 0.15) is 0 Å². The maximum absolute atomic E-state index is 11.9. The average molecular weight is 337 g/mol. The van der Waals surface area contributed by atoms with Crippen LogP contribution >= 0.6 is 0 Å². The number of piperidine rings is 2.